The average Bonchev–Trinajstić information content (AvgIpc) is 3.20. The Morgan fingerprint density at radius 1 is 1.38 bits per heavy atom. The molecule has 1 aliphatic heterocycles. The lowest BCUT2D eigenvalue weighted by Crippen LogP contribution is -2.50. The van der Waals surface area contributed by atoms with Gasteiger partial charge in [0.15, 0.2) is 5.13 Å². The van der Waals surface area contributed by atoms with Gasteiger partial charge in [0, 0.05) is 44.3 Å². The molecule has 1 aromatic rings. The standard InChI is InChI=1S/C14H22N4O2S/c19-12(11-1-2-11)9-17-4-6-18(7-5-17)10-13(20)16-14-15-3-8-21-14/h3,8,11-12,19H,1-2,4-7,9-10H2,(H,15,16,20). The molecule has 6 nitrogen and oxygen atoms in total. The van der Waals surface area contributed by atoms with Crippen molar-refractivity contribution < 1.29 is 9.90 Å². The molecule has 3 rings (SSSR count). The second-order valence-electron chi connectivity index (χ2n) is 5.87. The van der Waals surface area contributed by atoms with Crippen LogP contribution >= 0.6 is 11.3 Å². The van der Waals surface area contributed by atoms with Gasteiger partial charge < -0.3 is 10.4 Å². The molecule has 0 aromatic carbocycles. The Kier molecular flexibility index (Phi) is 4.84. The number of nitrogens with one attached hydrogen (secondary N) is 1. The molecule has 1 aliphatic carbocycles. The summed E-state index contributed by atoms with van der Waals surface area (Å²) in [6, 6.07) is 0. The molecule has 1 saturated carbocycles. The molecule has 1 saturated heterocycles. The zero-order valence-electron chi connectivity index (χ0n) is 12.1. The number of piperazine rings is 1. The van der Waals surface area contributed by atoms with Gasteiger partial charge >= 0.3 is 0 Å². The molecular weight excluding hydrogens is 288 g/mol. The molecule has 2 N–H and O–H groups in total. The SMILES string of the molecule is O=C(CN1CCN(CC(O)C2CC2)CC1)Nc1nccs1. The summed E-state index contributed by atoms with van der Waals surface area (Å²) in [5.74, 6) is 0.531. The largest absolute Gasteiger partial charge is 0.392 e. The number of carbonyl (C=O) groups is 1. The Morgan fingerprint density at radius 3 is 2.71 bits per heavy atom. The first-order valence-corrected chi connectivity index (χ1v) is 8.41. The maximum atomic E-state index is 11.9. The van der Waals surface area contributed by atoms with Crippen molar-refractivity contribution in [2.24, 2.45) is 5.92 Å². The van der Waals surface area contributed by atoms with Crippen LogP contribution in [0.3, 0.4) is 0 Å². The van der Waals surface area contributed by atoms with Crippen LogP contribution in [0.1, 0.15) is 12.8 Å². The first-order valence-electron chi connectivity index (χ1n) is 7.53. The normalized spacial score (nSPS) is 22.1. The molecule has 0 radical (unpaired) electrons. The fourth-order valence-corrected chi connectivity index (χ4v) is 3.22. The third-order valence-corrected chi connectivity index (χ3v) is 4.81. The van der Waals surface area contributed by atoms with Crippen LogP contribution in [0.4, 0.5) is 5.13 Å². The molecule has 21 heavy (non-hydrogen) atoms. The molecule has 0 spiro atoms. The third kappa shape index (κ3) is 4.47. The number of aromatic nitrogens is 1. The van der Waals surface area contributed by atoms with Crippen LogP contribution in [0.25, 0.3) is 0 Å². The highest BCUT2D eigenvalue weighted by Crippen LogP contribution is 2.32. The fraction of sp³-hybridized carbons (Fsp3) is 0.714. The lowest BCUT2D eigenvalue weighted by Gasteiger charge is -2.35. The second kappa shape index (κ2) is 6.83. The number of hydrogen-bond acceptors (Lipinski definition) is 6. The van der Waals surface area contributed by atoms with E-state index >= 15 is 0 Å². The predicted octanol–water partition coefficient (Wildman–Crippen LogP) is 0.470. The van der Waals surface area contributed by atoms with E-state index in [1.54, 1.807) is 6.20 Å². The molecule has 0 bridgehead atoms. The van der Waals surface area contributed by atoms with E-state index < -0.39 is 0 Å². The van der Waals surface area contributed by atoms with Gasteiger partial charge in [-0.1, -0.05) is 0 Å². The number of anilines is 1. The summed E-state index contributed by atoms with van der Waals surface area (Å²) < 4.78 is 0. The highest BCUT2D eigenvalue weighted by atomic mass is 32.1. The van der Waals surface area contributed by atoms with Crippen molar-refractivity contribution in [3.63, 3.8) is 0 Å². The Morgan fingerprint density at radius 2 is 2.10 bits per heavy atom. The van der Waals surface area contributed by atoms with Gasteiger partial charge in [0.25, 0.3) is 0 Å². The van der Waals surface area contributed by atoms with Crippen LogP contribution in [0.5, 0.6) is 0 Å². The number of carbonyl (C=O) groups excluding carboxylic acids is 1. The summed E-state index contributed by atoms with van der Waals surface area (Å²) in [6.45, 7) is 4.80. The average molecular weight is 310 g/mol. The molecule has 7 heteroatoms. The van der Waals surface area contributed by atoms with Crippen molar-refractivity contribution in [1.82, 2.24) is 14.8 Å². The number of hydrogen-bond donors (Lipinski definition) is 2. The van der Waals surface area contributed by atoms with Crippen molar-refractivity contribution >= 4 is 22.4 Å². The van der Waals surface area contributed by atoms with Crippen molar-refractivity contribution in [3.05, 3.63) is 11.6 Å². The Hall–Kier alpha value is -1.02. The summed E-state index contributed by atoms with van der Waals surface area (Å²) in [4.78, 5) is 20.4. The first-order chi connectivity index (χ1) is 10.2. The molecule has 1 aromatic heterocycles. The Balaban J connectivity index is 1.36. The van der Waals surface area contributed by atoms with Gasteiger partial charge in [0.2, 0.25) is 5.91 Å². The number of rotatable bonds is 6. The van der Waals surface area contributed by atoms with E-state index in [-0.39, 0.29) is 12.0 Å². The highest BCUT2D eigenvalue weighted by Gasteiger charge is 2.31. The van der Waals surface area contributed by atoms with E-state index in [1.165, 1.54) is 24.2 Å². The van der Waals surface area contributed by atoms with Gasteiger partial charge in [-0.3, -0.25) is 14.6 Å². The maximum Gasteiger partial charge on any atom is 0.240 e. The summed E-state index contributed by atoms with van der Waals surface area (Å²) in [5.41, 5.74) is 0. The number of thiazole rings is 1. The van der Waals surface area contributed by atoms with Crippen LogP contribution in [0.2, 0.25) is 0 Å². The first kappa shape index (κ1) is 14.9. The van der Waals surface area contributed by atoms with E-state index in [1.807, 2.05) is 5.38 Å². The smallest absolute Gasteiger partial charge is 0.240 e. The number of β-amino-alcohol motifs (C(OH)–C–C–N with tert-alkyl or cyclic N) is 1. The van der Waals surface area contributed by atoms with E-state index in [2.05, 4.69) is 20.1 Å². The Labute approximate surface area is 128 Å². The summed E-state index contributed by atoms with van der Waals surface area (Å²) >= 11 is 1.43. The molecule has 1 amide bonds. The van der Waals surface area contributed by atoms with Crippen LogP contribution in [-0.4, -0.2) is 71.2 Å². The van der Waals surface area contributed by atoms with Crippen LogP contribution in [-0.2, 0) is 4.79 Å². The number of aliphatic hydroxyl groups is 1. The quantitative estimate of drug-likeness (QED) is 0.799. The van der Waals surface area contributed by atoms with E-state index in [9.17, 15) is 9.90 Å². The monoisotopic (exact) mass is 310 g/mol. The fourth-order valence-electron chi connectivity index (χ4n) is 2.67. The van der Waals surface area contributed by atoms with E-state index in [4.69, 9.17) is 0 Å². The van der Waals surface area contributed by atoms with Crippen LogP contribution in [0.15, 0.2) is 11.6 Å². The van der Waals surface area contributed by atoms with Gasteiger partial charge in [-0.05, 0) is 18.8 Å². The van der Waals surface area contributed by atoms with E-state index in [0.29, 0.717) is 17.6 Å². The van der Waals surface area contributed by atoms with Gasteiger partial charge in [0.05, 0.1) is 12.6 Å². The summed E-state index contributed by atoms with van der Waals surface area (Å²) in [7, 11) is 0. The topological polar surface area (TPSA) is 68.7 Å². The minimum atomic E-state index is -0.162. The van der Waals surface area contributed by atoms with Gasteiger partial charge in [-0.2, -0.15) is 0 Å². The van der Waals surface area contributed by atoms with Crippen molar-refractivity contribution in [2.75, 3.05) is 44.6 Å². The highest BCUT2D eigenvalue weighted by molar-refractivity contribution is 7.13. The van der Waals surface area contributed by atoms with Crippen LogP contribution in [0, 0.1) is 5.92 Å². The zero-order valence-corrected chi connectivity index (χ0v) is 12.9. The van der Waals surface area contributed by atoms with Gasteiger partial charge in [0.1, 0.15) is 0 Å². The number of amides is 1. The molecule has 2 heterocycles. The van der Waals surface area contributed by atoms with Crippen molar-refractivity contribution in [3.8, 4) is 0 Å². The molecule has 1 unspecified atom stereocenters. The number of aliphatic hydroxyl groups excluding tert-OH is 1. The second-order valence-corrected chi connectivity index (χ2v) is 6.76. The van der Waals surface area contributed by atoms with Gasteiger partial charge in [-0.15, -0.1) is 11.3 Å². The van der Waals surface area contributed by atoms with Gasteiger partial charge in [-0.25, -0.2) is 4.98 Å². The molecule has 2 aliphatic rings. The zero-order chi connectivity index (χ0) is 14.7. The molecule has 116 valence electrons. The summed E-state index contributed by atoms with van der Waals surface area (Å²) in [5, 5.41) is 15.3. The minimum Gasteiger partial charge on any atom is -0.392 e. The lowest BCUT2D eigenvalue weighted by atomic mass is 10.2. The minimum absolute atomic E-state index is 0.00332. The van der Waals surface area contributed by atoms with Crippen LogP contribution < -0.4 is 5.32 Å². The lowest BCUT2D eigenvalue weighted by molar-refractivity contribution is -0.117. The Bertz CT molecular complexity index is 456. The van der Waals surface area contributed by atoms with Crippen molar-refractivity contribution in [1.29, 1.82) is 0 Å². The molecule has 1 atom stereocenters. The maximum absolute atomic E-state index is 11.9. The van der Waals surface area contributed by atoms with Crippen molar-refractivity contribution in [2.45, 2.75) is 18.9 Å². The summed E-state index contributed by atoms with van der Waals surface area (Å²) in [6.07, 6.45) is 3.88. The predicted molar refractivity (Wildman–Crippen MR) is 82.4 cm³/mol. The molecule has 2 fully saturated rings. The molecular formula is C14H22N4O2S. The number of nitrogens with zero attached hydrogens (tertiary/aromatic N) is 3. The van der Waals surface area contributed by atoms with E-state index in [0.717, 1.165) is 32.7 Å². The third-order valence-electron chi connectivity index (χ3n) is 4.12.